The Labute approximate surface area is 144 Å². The van der Waals surface area contributed by atoms with Crippen LogP contribution in [0.5, 0.6) is 0 Å². The summed E-state index contributed by atoms with van der Waals surface area (Å²) >= 11 is 0. The maximum absolute atomic E-state index is 12.6. The van der Waals surface area contributed by atoms with Crippen molar-refractivity contribution in [3.63, 3.8) is 0 Å². The number of aromatic nitrogens is 3. The minimum absolute atomic E-state index is 0.0464. The van der Waals surface area contributed by atoms with Crippen LogP contribution in [0.15, 0.2) is 90.5 Å². The molecule has 0 radical (unpaired) electrons. The Balaban J connectivity index is 2.08. The minimum atomic E-state index is -0.0464. The Kier molecular flexibility index (Phi) is 3.71. The molecular weight excluding hydrogens is 310 g/mol. The van der Waals surface area contributed by atoms with E-state index in [4.69, 9.17) is 0 Å². The summed E-state index contributed by atoms with van der Waals surface area (Å²) in [5.41, 5.74) is 3.09. The van der Waals surface area contributed by atoms with E-state index < -0.39 is 0 Å². The number of benzene rings is 2. The first-order chi connectivity index (χ1) is 12.3. The summed E-state index contributed by atoms with van der Waals surface area (Å²) in [5.74, 6) is 0.505. The van der Waals surface area contributed by atoms with Crippen molar-refractivity contribution >= 4 is 16.5 Å². The first-order valence-electron chi connectivity index (χ1n) is 7.92. The summed E-state index contributed by atoms with van der Waals surface area (Å²) in [7, 11) is 0. The van der Waals surface area contributed by atoms with Crippen LogP contribution in [0.2, 0.25) is 0 Å². The van der Waals surface area contributed by atoms with Gasteiger partial charge in [0.1, 0.15) is 0 Å². The van der Waals surface area contributed by atoms with Crippen molar-refractivity contribution in [3.8, 4) is 5.95 Å². The van der Waals surface area contributed by atoms with Crippen molar-refractivity contribution < 1.29 is 0 Å². The van der Waals surface area contributed by atoms with Gasteiger partial charge in [0.25, 0.3) is 0 Å². The monoisotopic (exact) mass is 325 g/mol. The van der Waals surface area contributed by atoms with Gasteiger partial charge >= 0.3 is 0 Å². The van der Waals surface area contributed by atoms with Gasteiger partial charge in [-0.3, -0.25) is 9.36 Å². The van der Waals surface area contributed by atoms with E-state index in [1.165, 1.54) is 0 Å². The largest absolute Gasteiger partial charge is 0.289 e. The maximum Gasteiger partial charge on any atom is 0.234 e. The quantitative estimate of drug-likeness (QED) is 0.575. The Morgan fingerprint density at radius 3 is 2.32 bits per heavy atom. The second-order valence-corrected chi connectivity index (χ2v) is 5.64. The summed E-state index contributed by atoms with van der Waals surface area (Å²) in [4.78, 5) is 21.4. The molecule has 0 bridgehead atoms. The molecule has 0 saturated heterocycles. The van der Waals surface area contributed by atoms with Gasteiger partial charge in [-0.1, -0.05) is 49.0 Å². The Morgan fingerprint density at radius 1 is 0.880 bits per heavy atom. The van der Waals surface area contributed by atoms with E-state index >= 15 is 0 Å². The number of para-hydroxylation sites is 1. The summed E-state index contributed by atoms with van der Waals surface area (Å²) in [6.07, 6.45) is 3.37. The number of fused-ring (bicyclic) bond motifs is 1. The molecule has 4 nitrogen and oxygen atoms in total. The summed E-state index contributed by atoms with van der Waals surface area (Å²) in [6, 6.07) is 20.6. The molecule has 0 aliphatic heterocycles. The fourth-order valence-corrected chi connectivity index (χ4v) is 2.90. The molecule has 4 heteroatoms. The second-order valence-electron chi connectivity index (χ2n) is 5.64. The van der Waals surface area contributed by atoms with Crippen LogP contribution in [0.3, 0.4) is 0 Å². The number of hydrogen-bond acceptors (Lipinski definition) is 3. The van der Waals surface area contributed by atoms with Crippen LogP contribution in [0.25, 0.3) is 22.4 Å². The molecule has 0 saturated carbocycles. The summed E-state index contributed by atoms with van der Waals surface area (Å²) in [6.45, 7) is 4.21. The zero-order valence-corrected chi connectivity index (χ0v) is 13.5. The standard InChI is InChI=1S/C21H15N3O/c1-15(16-8-3-2-4-9-16)19-14-20(25)17-10-5-6-11-18(17)24(19)21-22-12-7-13-23-21/h2-14H,1H2. The fourth-order valence-electron chi connectivity index (χ4n) is 2.90. The van der Waals surface area contributed by atoms with Gasteiger partial charge in [0.2, 0.25) is 5.95 Å². The number of hydrogen-bond donors (Lipinski definition) is 0. The highest BCUT2D eigenvalue weighted by atomic mass is 16.1. The predicted molar refractivity (Wildman–Crippen MR) is 99.7 cm³/mol. The average Bonchev–Trinajstić information content (AvgIpc) is 2.69. The molecule has 0 spiro atoms. The zero-order valence-electron chi connectivity index (χ0n) is 13.5. The highest BCUT2D eigenvalue weighted by molar-refractivity contribution is 5.86. The average molecular weight is 325 g/mol. The Hall–Kier alpha value is -3.53. The van der Waals surface area contributed by atoms with Crippen LogP contribution in [-0.2, 0) is 0 Å². The van der Waals surface area contributed by atoms with Gasteiger partial charge in [0, 0.05) is 23.8 Å². The van der Waals surface area contributed by atoms with Gasteiger partial charge in [-0.25, -0.2) is 9.97 Å². The Bertz CT molecular complexity index is 1120. The van der Waals surface area contributed by atoms with Crippen LogP contribution in [0, 0.1) is 0 Å². The number of nitrogens with zero attached hydrogens (tertiary/aromatic N) is 3. The Morgan fingerprint density at radius 2 is 1.56 bits per heavy atom. The lowest BCUT2D eigenvalue weighted by atomic mass is 10.0. The molecule has 2 heterocycles. The van der Waals surface area contributed by atoms with Gasteiger partial charge in [-0.2, -0.15) is 0 Å². The van der Waals surface area contributed by atoms with Crippen LogP contribution in [-0.4, -0.2) is 14.5 Å². The molecule has 25 heavy (non-hydrogen) atoms. The lowest BCUT2D eigenvalue weighted by molar-refractivity contribution is 0.936. The molecule has 0 aliphatic carbocycles. The van der Waals surface area contributed by atoms with E-state index in [0.29, 0.717) is 17.0 Å². The third-order valence-corrected chi connectivity index (χ3v) is 4.10. The van der Waals surface area contributed by atoms with Crippen molar-refractivity contribution in [2.45, 2.75) is 0 Å². The second kappa shape index (κ2) is 6.17. The molecule has 0 aliphatic rings. The maximum atomic E-state index is 12.6. The summed E-state index contributed by atoms with van der Waals surface area (Å²) < 4.78 is 1.88. The van der Waals surface area contributed by atoms with Gasteiger partial charge in [0.15, 0.2) is 5.43 Å². The van der Waals surface area contributed by atoms with Gasteiger partial charge in [0.05, 0.1) is 11.2 Å². The van der Waals surface area contributed by atoms with Gasteiger partial charge < -0.3 is 0 Å². The van der Waals surface area contributed by atoms with E-state index in [-0.39, 0.29) is 5.43 Å². The fraction of sp³-hybridized carbons (Fsp3) is 0. The molecule has 4 aromatic rings. The molecule has 2 aromatic carbocycles. The molecule has 0 amide bonds. The molecular formula is C21H15N3O. The predicted octanol–water partition coefficient (Wildman–Crippen LogP) is 3.84. The van der Waals surface area contributed by atoms with E-state index in [1.807, 2.05) is 59.2 Å². The minimum Gasteiger partial charge on any atom is -0.289 e. The lowest BCUT2D eigenvalue weighted by Gasteiger charge is -2.17. The zero-order chi connectivity index (χ0) is 17.2. The molecule has 0 N–H and O–H groups in total. The molecule has 0 atom stereocenters. The van der Waals surface area contributed by atoms with Crippen LogP contribution < -0.4 is 5.43 Å². The molecule has 0 fully saturated rings. The SMILES string of the molecule is C=C(c1ccccc1)c1cc(=O)c2ccccc2n1-c1ncccn1. The molecule has 120 valence electrons. The molecule has 0 unspecified atom stereocenters. The normalized spacial score (nSPS) is 10.7. The van der Waals surface area contributed by atoms with Crippen molar-refractivity contribution in [2.24, 2.45) is 0 Å². The highest BCUT2D eigenvalue weighted by Gasteiger charge is 2.15. The van der Waals surface area contributed by atoms with Crippen molar-refractivity contribution in [2.75, 3.05) is 0 Å². The van der Waals surface area contributed by atoms with E-state index in [9.17, 15) is 4.79 Å². The topological polar surface area (TPSA) is 47.8 Å². The number of pyridine rings is 1. The lowest BCUT2D eigenvalue weighted by Crippen LogP contribution is -2.14. The van der Waals surface area contributed by atoms with Crippen molar-refractivity contribution in [1.82, 2.24) is 14.5 Å². The van der Waals surface area contributed by atoms with Crippen molar-refractivity contribution in [1.29, 1.82) is 0 Å². The van der Waals surface area contributed by atoms with Crippen LogP contribution >= 0.6 is 0 Å². The molecule has 2 aromatic heterocycles. The highest BCUT2D eigenvalue weighted by Crippen LogP contribution is 2.25. The van der Waals surface area contributed by atoms with E-state index in [0.717, 1.165) is 16.7 Å². The number of rotatable bonds is 3. The van der Waals surface area contributed by atoms with Crippen molar-refractivity contribution in [3.05, 3.63) is 107 Å². The third-order valence-electron chi connectivity index (χ3n) is 4.10. The van der Waals surface area contributed by atoms with Gasteiger partial charge in [-0.15, -0.1) is 0 Å². The van der Waals surface area contributed by atoms with E-state index in [1.54, 1.807) is 24.5 Å². The molecule has 4 rings (SSSR count). The third kappa shape index (κ3) is 2.64. The smallest absolute Gasteiger partial charge is 0.234 e. The van der Waals surface area contributed by atoms with Crippen LogP contribution in [0.4, 0.5) is 0 Å². The van der Waals surface area contributed by atoms with E-state index in [2.05, 4.69) is 16.5 Å². The summed E-state index contributed by atoms with van der Waals surface area (Å²) in [5, 5.41) is 0.625. The first kappa shape index (κ1) is 15.0. The first-order valence-corrected chi connectivity index (χ1v) is 7.92. The van der Waals surface area contributed by atoms with Crippen LogP contribution in [0.1, 0.15) is 11.3 Å². The van der Waals surface area contributed by atoms with Gasteiger partial charge in [-0.05, 0) is 29.3 Å².